The number of carbonyl (C=O) groups excluding carboxylic acids is 1. The standard InChI is InChI=1S/C21H27N3O3S/c1-16-4-2-3-13-24(16)15-18-5-9-19(10-6-18)23-21(25)14-17-7-11-20(12-8-17)28(22,26)27/h5-12,16H,2-4,13-15H2,1H3,(H,23,25)(H2,22,26,27). The number of likely N-dealkylation sites (tertiary alicyclic amines) is 1. The van der Waals surface area contributed by atoms with E-state index in [0.29, 0.717) is 6.04 Å². The molecule has 1 unspecified atom stereocenters. The molecule has 0 saturated carbocycles. The number of hydrogen-bond donors (Lipinski definition) is 2. The molecule has 0 bridgehead atoms. The summed E-state index contributed by atoms with van der Waals surface area (Å²) in [6, 6.07) is 14.6. The number of nitrogens with zero attached hydrogens (tertiary/aromatic N) is 1. The molecule has 28 heavy (non-hydrogen) atoms. The van der Waals surface area contributed by atoms with E-state index in [-0.39, 0.29) is 17.2 Å². The normalized spacial score (nSPS) is 18.0. The number of nitrogens with one attached hydrogen (secondary N) is 1. The van der Waals surface area contributed by atoms with Crippen LogP contribution in [0.2, 0.25) is 0 Å². The molecule has 3 N–H and O–H groups in total. The van der Waals surface area contributed by atoms with Gasteiger partial charge in [0.15, 0.2) is 0 Å². The molecular formula is C21H27N3O3S. The Labute approximate surface area is 166 Å². The van der Waals surface area contributed by atoms with Gasteiger partial charge in [-0.2, -0.15) is 0 Å². The monoisotopic (exact) mass is 401 g/mol. The molecule has 2 aromatic rings. The zero-order valence-electron chi connectivity index (χ0n) is 16.1. The lowest BCUT2D eigenvalue weighted by Crippen LogP contribution is -2.36. The number of primary sulfonamides is 1. The fraction of sp³-hybridized carbons (Fsp3) is 0.381. The summed E-state index contributed by atoms with van der Waals surface area (Å²) in [5.41, 5.74) is 2.72. The molecule has 0 radical (unpaired) electrons. The highest BCUT2D eigenvalue weighted by Crippen LogP contribution is 2.20. The van der Waals surface area contributed by atoms with Crippen LogP contribution in [0, 0.1) is 0 Å². The summed E-state index contributed by atoms with van der Waals surface area (Å²) in [5, 5.41) is 7.96. The van der Waals surface area contributed by atoms with Crippen molar-refractivity contribution in [1.82, 2.24) is 4.90 Å². The van der Waals surface area contributed by atoms with Crippen molar-refractivity contribution in [1.29, 1.82) is 0 Å². The number of benzene rings is 2. The van der Waals surface area contributed by atoms with Crippen LogP contribution in [0.1, 0.15) is 37.3 Å². The van der Waals surface area contributed by atoms with Crippen molar-refractivity contribution in [2.24, 2.45) is 5.14 Å². The molecule has 1 fully saturated rings. The smallest absolute Gasteiger partial charge is 0.238 e. The van der Waals surface area contributed by atoms with Crippen LogP contribution in [0.15, 0.2) is 53.4 Å². The van der Waals surface area contributed by atoms with E-state index in [1.54, 1.807) is 12.1 Å². The third-order valence-electron chi connectivity index (χ3n) is 5.18. The number of rotatable bonds is 6. The number of carbonyl (C=O) groups is 1. The summed E-state index contributed by atoms with van der Waals surface area (Å²) in [4.78, 5) is 14.8. The Bertz CT molecular complexity index is 909. The quantitative estimate of drug-likeness (QED) is 0.778. The van der Waals surface area contributed by atoms with Crippen LogP contribution in [0.3, 0.4) is 0 Å². The number of hydrogen-bond acceptors (Lipinski definition) is 4. The molecular weight excluding hydrogens is 374 g/mol. The highest BCUT2D eigenvalue weighted by atomic mass is 32.2. The SMILES string of the molecule is CC1CCCCN1Cc1ccc(NC(=O)Cc2ccc(S(N)(=O)=O)cc2)cc1. The van der Waals surface area contributed by atoms with Crippen molar-refractivity contribution < 1.29 is 13.2 Å². The minimum Gasteiger partial charge on any atom is -0.326 e. The minimum absolute atomic E-state index is 0.0373. The van der Waals surface area contributed by atoms with Crippen LogP contribution < -0.4 is 10.5 Å². The van der Waals surface area contributed by atoms with Crippen LogP contribution in [0.5, 0.6) is 0 Å². The van der Waals surface area contributed by atoms with Crippen LogP contribution in [-0.2, 0) is 27.8 Å². The Balaban J connectivity index is 1.54. The molecule has 1 aliphatic rings. The van der Waals surface area contributed by atoms with Crippen molar-refractivity contribution in [3.63, 3.8) is 0 Å². The van der Waals surface area contributed by atoms with Crippen LogP contribution in [0.4, 0.5) is 5.69 Å². The van der Waals surface area contributed by atoms with Gasteiger partial charge in [-0.1, -0.05) is 30.7 Å². The summed E-state index contributed by atoms with van der Waals surface area (Å²) < 4.78 is 22.5. The van der Waals surface area contributed by atoms with Crippen molar-refractivity contribution in [2.75, 3.05) is 11.9 Å². The first-order valence-electron chi connectivity index (χ1n) is 9.56. The van der Waals surface area contributed by atoms with E-state index in [1.165, 1.54) is 37.0 Å². The Morgan fingerprint density at radius 1 is 1.07 bits per heavy atom. The van der Waals surface area contributed by atoms with Gasteiger partial charge in [0.2, 0.25) is 15.9 Å². The van der Waals surface area contributed by atoms with E-state index in [0.717, 1.165) is 24.3 Å². The van der Waals surface area contributed by atoms with Crippen LogP contribution >= 0.6 is 0 Å². The van der Waals surface area contributed by atoms with E-state index in [1.807, 2.05) is 12.1 Å². The van der Waals surface area contributed by atoms with Crippen molar-refractivity contribution in [3.8, 4) is 0 Å². The Kier molecular flexibility index (Phi) is 6.49. The molecule has 0 aromatic heterocycles. The van der Waals surface area contributed by atoms with Crippen molar-refractivity contribution in [3.05, 3.63) is 59.7 Å². The third-order valence-corrected chi connectivity index (χ3v) is 6.11. The number of anilines is 1. The van der Waals surface area contributed by atoms with Gasteiger partial charge < -0.3 is 5.32 Å². The van der Waals surface area contributed by atoms with Gasteiger partial charge in [-0.25, -0.2) is 13.6 Å². The second-order valence-electron chi connectivity index (χ2n) is 7.43. The van der Waals surface area contributed by atoms with Gasteiger partial charge in [-0.15, -0.1) is 0 Å². The lowest BCUT2D eigenvalue weighted by molar-refractivity contribution is -0.115. The van der Waals surface area contributed by atoms with Crippen molar-refractivity contribution >= 4 is 21.6 Å². The molecule has 1 amide bonds. The summed E-state index contributed by atoms with van der Waals surface area (Å²) in [7, 11) is -3.72. The topological polar surface area (TPSA) is 92.5 Å². The molecule has 0 spiro atoms. The summed E-state index contributed by atoms with van der Waals surface area (Å²) >= 11 is 0. The molecule has 150 valence electrons. The lowest BCUT2D eigenvalue weighted by Gasteiger charge is -2.33. The van der Waals surface area contributed by atoms with Gasteiger partial charge in [0.05, 0.1) is 11.3 Å². The molecule has 3 rings (SSSR count). The highest BCUT2D eigenvalue weighted by Gasteiger charge is 2.18. The minimum atomic E-state index is -3.72. The van der Waals surface area contributed by atoms with Gasteiger partial charge in [0, 0.05) is 18.3 Å². The van der Waals surface area contributed by atoms with Crippen LogP contribution in [-0.4, -0.2) is 31.8 Å². The maximum absolute atomic E-state index is 12.2. The number of amides is 1. The first-order chi connectivity index (χ1) is 13.3. The molecule has 6 nitrogen and oxygen atoms in total. The highest BCUT2D eigenvalue weighted by molar-refractivity contribution is 7.89. The van der Waals surface area contributed by atoms with E-state index in [4.69, 9.17) is 5.14 Å². The average Bonchev–Trinajstić information content (AvgIpc) is 2.65. The summed E-state index contributed by atoms with van der Waals surface area (Å²) in [6.45, 7) is 4.36. The van der Waals surface area contributed by atoms with Gasteiger partial charge in [0.25, 0.3) is 0 Å². The fourth-order valence-corrected chi connectivity index (χ4v) is 4.02. The predicted octanol–water partition coefficient (Wildman–Crippen LogP) is 2.89. The number of piperidine rings is 1. The van der Waals surface area contributed by atoms with E-state index < -0.39 is 10.0 Å². The molecule has 1 atom stereocenters. The number of nitrogens with two attached hydrogens (primary N) is 1. The predicted molar refractivity (Wildman–Crippen MR) is 110 cm³/mol. The average molecular weight is 402 g/mol. The maximum atomic E-state index is 12.2. The lowest BCUT2D eigenvalue weighted by atomic mass is 10.0. The molecule has 2 aromatic carbocycles. The summed E-state index contributed by atoms with van der Waals surface area (Å²) in [6.07, 6.45) is 3.99. The first-order valence-corrected chi connectivity index (χ1v) is 11.1. The third kappa shape index (κ3) is 5.64. The second kappa shape index (κ2) is 8.86. The maximum Gasteiger partial charge on any atom is 0.238 e. The zero-order valence-corrected chi connectivity index (χ0v) is 16.9. The largest absolute Gasteiger partial charge is 0.326 e. The number of sulfonamides is 1. The first kappa shape index (κ1) is 20.5. The molecule has 1 saturated heterocycles. The molecule has 7 heteroatoms. The van der Waals surface area contributed by atoms with Gasteiger partial charge >= 0.3 is 0 Å². The Morgan fingerprint density at radius 3 is 2.32 bits per heavy atom. The van der Waals surface area contributed by atoms with Gasteiger partial charge in [-0.3, -0.25) is 9.69 Å². The van der Waals surface area contributed by atoms with Gasteiger partial charge in [-0.05, 0) is 61.7 Å². The Hall–Kier alpha value is -2.22. The van der Waals surface area contributed by atoms with E-state index in [9.17, 15) is 13.2 Å². The van der Waals surface area contributed by atoms with Crippen molar-refractivity contribution in [2.45, 2.75) is 50.1 Å². The molecule has 1 heterocycles. The molecule has 0 aliphatic carbocycles. The van der Waals surface area contributed by atoms with E-state index >= 15 is 0 Å². The van der Waals surface area contributed by atoms with E-state index in [2.05, 4.69) is 29.3 Å². The molecule has 1 aliphatic heterocycles. The fourth-order valence-electron chi connectivity index (χ4n) is 3.51. The zero-order chi connectivity index (χ0) is 20.1. The summed E-state index contributed by atoms with van der Waals surface area (Å²) in [5.74, 6) is -0.152. The van der Waals surface area contributed by atoms with Crippen LogP contribution in [0.25, 0.3) is 0 Å². The van der Waals surface area contributed by atoms with Gasteiger partial charge in [0.1, 0.15) is 0 Å². The Morgan fingerprint density at radius 2 is 1.71 bits per heavy atom. The second-order valence-corrected chi connectivity index (χ2v) is 8.99.